The first-order valence-corrected chi connectivity index (χ1v) is 7.26. The van der Waals surface area contributed by atoms with E-state index in [0.717, 1.165) is 30.4 Å². The summed E-state index contributed by atoms with van der Waals surface area (Å²) in [5.74, 6) is 0.663. The SMILES string of the molecule is CC(C)=CCc1ccc(CCc2ccc(O)cc2)cc1O. The first-order chi connectivity index (χ1) is 10.0. The monoisotopic (exact) mass is 282 g/mol. The van der Waals surface area contributed by atoms with Crippen molar-refractivity contribution in [3.05, 3.63) is 70.8 Å². The summed E-state index contributed by atoms with van der Waals surface area (Å²) >= 11 is 0. The molecule has 0 aromatic heterocycles. The highest BCUT2D eigenvalue weighted by Gasteiger charge is 2.02. The van der Waals surface area contributed by atoms with Gasteiger partial charge in [-0.3, -0.25) is 0 Å². The molecular formula is C19H22O2. The van der Waals surface area contributed by atoms with E-state index in [0.29, 0.717) is 11.5 Å². The molecule has 0 amide bonds. The van der Waals surface area contributed by atoms with E-state index in [4.69, 9.17) is 0 Å². The Morgan fingerprint density at radius 1 is 0.905 bits per heavy atom. The highest BCUT2D eigenvalue weighted by Crippen LogP contribution is 2.21. The molecule has 2 aromatic carbocycles. The number of hydrogen-bond acceptors (Lipinski definition) is 2. The minimum atomic E-state index is 0.292. The van der Waals surface area contributed by atoms with E-state index in [-0.39, 0.29) is 0 Å². The number of phenols is 2. The smallest absolute Gasteiger partial charge is 0.119 e. The molecule has 0 aliphatic heterocycles. The first kappa shape index (κ1) is 15.2. The van der Waals surface area contributed by atoms with Crippen LogP contribution in [0.1, 0.15) is 30.5 Å². The summed E-state index contributed by atoms with van der Waals surface area (Å²) in [6.07, 6.45) is 4.66. The summed E-state index contributed by atoms with van der Waals surface area (Å²) < 4.78 is 0. The molecule has 2 rings (SSSR count). The van der Waals surface area contributed by atoms with Crippen LogP contribution in [0, 0.1) is 0 Å². The molecule has 2 heteroatoms. The van der Waals surface area contributed by atoms with Gasteiger partial charge in [0.25, 0.3) is 0 Å². The second-order valence-corrected chi connectivity index (χ2v) is 5.62. The summed E-state index contributed by atoms with van der Waals surface area (Å²) in [7, 11) is 0. The molecule has 0 unspecified atom stereocenters. The third-order valence-corrected chi connectivity index (χ3v) is 3.52. The van der Waals surface area contributed by atoms with Crippen molar-refractivity contribution in [3.8, 4) is 11.5 Å². The maximum Gasteiger partial charge on any atom is 0.119 e. The van der Waals surface area contributed by atoms with Crippen molar-refractivity contribution in [2.45, 2.75) is 33.1 Å². The number of allylic oxidation sites excluding steroid dienone is 2. The highest BCUT2D eigenvalue weighted by atomic mass is 16.3. The minimum Gasteiger partial charge on any atom is -0.508 e. The Labute approximate surface area is 126 Å². The van der Waals surface area contributed by atoms with Gasteiger partial charge in [0.15, 0.2) is 0 Å². The van der Waals surface area contributed by atoms with Crippen LogP contribution in [-0.4, -0.2) is 10.2 Å². The van der Waals surface area contributed by atoms with Gasteiger partial charge >= 0.3 is 0 Å². The van der Waals surface area contributed by atoms with Crippen LogP contribution in [0.3, 0.4) is 0 Å². The van der Waals surface area contributed by atoms with Crippen LogP contribution in [-0.2, 0) is 19.3 Å². The van der Waals surface area contributed by atoms with Crippen molar-refractivity contribution in [1.29, 1.82) is 0 Å². The number of aromatic hydroxyl groups is 2. The molecule has 0 fully saturated rings. The fraction of sp³-hybridized carbons (Fsp3) is 0.263. The fourth-order valence-electron chi connectivity index (χ4n) is 2.20. The Hall–Kier alpha value is -2.22. The van der Waals surface area contributed by atoms with Gasteiger partial charge in [-0.25, -0.2) is 0 Å². The second-order valence-electron chi connectivity index (χ2n) is 5.62. The molecular weight excluding hydrogens is 260 g/mol. The molecule has 21 heavy (non-hydrogen) atoms. The first-order valence-electron chi connectivity index (χ1n) is 7.26. The van der Waals surface area contributed by atoms with Gasteiger partial charge in [-0.05, 0) is 68.0 Å². The predicted octanol–water partition coefficient (Wildman–Crippen LogP) is 4.39. The van der Waals surface area contributed by atoms with E-state index in [9.17, 15) is 10.2 Å². The number of phenolic OH excluding ortho intramolecular Hbond substituents is 2. The lowest BCUT2D eigenvalue weighted by Crippen LogP contribution is -1.92. The maximum absolute atomic E-state index is 10.1. The lowest BCUT2D eigenvalue weighted by molar-refractivity contribution is 0.469. The summed E-state index contributed by atoms with van der Waals surface area (Å²) in [5, 5.41) is 19.3. The van der Waals surface area contributed by atoms with Gasteiger partial charge < -0.3 is 10.2 Å². The molecule has 110 valence electrons. The van der Waals surface area contributed by atoms with Crippen molar-refractivity contribution in [1.82, 2.24) is 0 Å². The van der Waals surface area contributed by atoms with Gasteiger partial charge in [-0.1, -0.05) is 35.9 Å². The molecule has 0 spiro atoms. The van der Waals surface area contributed by atoms with E-state index in [2.05, 4.69) is 26.0 Å². The maximum atomic E-state index is 10.1. The van der Waals surface area contributed by atoms with E-state index in [1.54, 1.807) is 12.1 Å². The molecule has 0 saturated heterocycles. The number of benzene rings is 2. The van der Waals surface area contributed by atoms with Crippen LogP contribution >= 0.6 is 0 Å². The topological polar surface area (TPSA) is 40.5 Å². The fourth-order valence-corrected chi connectivity index (χ4v) is 2.20. The third kappa shape index (κ3) is 4.67. The van der Waals surface area contributed by atoms with Crippen molar-refractivity contribution in [2.75, 3.05) is 0 Å². The van der Waals surface area contributed by atoms with Crippen LogP contribution in [0.15, 0.2) is 54.1 Å². The molecule has 0 aliphatic carbocycles. The zero-order valence-electron chi connectivity index (χ0n) is 12.6. The quantitative estimate of drug-likeness (QED) is 0.798. The molecule has 0 radical (unpaired) electrons. The molecule has 2 nitrogen and oxygen atoms in total. The van der Waals surface area contributed by atoms with E-state index in [1.165, 1.54) is 11.1 Å². The number of rotatable bonds is 5. The zero-order valence-corrected chi connectivity index (χ0v) is 12.6. The number of aryl methyl sites for hydroxylation is 2. The molecule has 0 atom stereocenters. The van der Waals surface area contributed by atoms with Gasteiger partial charge in [0.05, 0.1) is 0 Å². The molecule has 2 N–H and O–H groups in total. The van der Waals surface area contributed by atoms with Gasteiger partial charge in [-0.15, -0.1) is 0 Å². The van der Waals surface area contributed by atoms with Crippen LogP contribution < -0.4 is 0 Å². The van der Waals surface area contributed by atoms with Crippen LogP contribution in [0.2, 0.25) is 0 Å². The van der Waals surface area contributed by atoms with Crippen molar-refractivity contribution < 1.29 is 10.2 Å². The predicted molar refractivity (Wildman–Crippen MR) is 86.8 cm³/mol. The molecule has 0 saturated carbocycles. The minimum absolute atomic E-state index is 0.292. The van der Waals surface area contributed by atoms with Gasteiger partial charge in [0, 0.05) is 0 Å². The molecule has 2 aromatic rings. The van der Waals surface area contributed by atoms with Crippen LogP contribution in [0.5, 0.6) is 11.5 Å². The second kappa shape index (κ2) is 6.98. The summed E-state index contributed by atoms with van der Waals surface area (Å²) in [6.45, 7) is 4.12. The lowest BCUT2D eigenvalue weighted by Gasteiger charge is -2.07. The van der Waals surface area contributed by atoms with Crippen molar-refractivity contribution in [3.63, 3.8) is 0 Å². The Morgan fingerprint density at radius 2 is 1.52 bits per heavy atom. The van der Waals surface area contributed by atoms with Crippen LogP contribution in [0.25, 0.3) is 0 Å². The standard InChI is InChI=1S/C19H22O2/c1-14(2)3-9-17-10-6-16(13-19(17)21)5-4-15-7-11-18(20)12-8-15/h3,6-8,10-13,20-21H,4-5,9H2,1-2H3. The van der Waals surface area contributed by atoms with Gasteiger partial charge in [-0.2, -0.15) is 0 Å². The normalized spacial score (nSPS) is 10.4. The molecule has 0 bridgehead atoms. The molecule has 0 heterocycles. The summed E-state index contributed by atoms with van der Waals surface area (Å²) in [4.78, 5) is 0. The zero-order chi connectivity index (χ0) is 15.2. The van der Waals surface area contributed by atoms with Gasteiger partial charge in [0.2, 0.25) is 0 Å². The van der Waals surface area contributed by atoms with Crippen molar-refractivity contribution in [2.24, 2.45) is 0 Å². The Morgan fingerprint density at radius 3 is 2.14 bits per heavy atom. The lowest BCUT2D eigenvalue weighted by atomic mass is 10.0. The van der Waals surface area contributed by atoms with E-state index < -0.39 is 0 Å². The Kier molecular flexibility index (Phi) is 5.04. The largest absolute Gasteiger partial charge is 0.508 e. The number of hydrogen-bond donors (Lipinski definition) is 2. The van der Waals surface area contributed by atoms with Crippen molar-refractivity contribution >= 4 is 0 Å². The van der Waals surface area contributed by atoms with E-state index in [1.807, 2.05) is 24.3 Å². The Bertz CT molecular complexity index is 621. The summed E-state index contributed by atoms with van der Waals surface area (Å²) in [6, 6.07) is 13.2. The van der Waals surface area contributed by atoms with E-state index >= 15 is 0 Å². The Balaban J connectivity index is 1.99. The highest BCUT2D eigenvalue weighted by molar-refractivity contribution is 5.38. The average Bonchev–Trinajstić information content (AvgIpc) is 2.45. The third-order valence-electron chi connectivity index (χ3n) is 3.52. The summed E-state index contributed by atoms with van der Waals surface area (Å²) in [5.41, 5.74) is 4.53. The average molecular weight is 282 g/mol. The van der Waals surface area contributed by atoms with Gasteiger partial charge in [0.1, 0.15) is 11.5 Å². The molecule has 0 aliphatic rings. The van der Waals surface area contributed by atoms with Crippen LogP contribution in [0.4, 0.5) is 0 Å².